The Hall–Kier alpha value is -2.02. The van der Waals surface area contributed by atoms with Gasteiger partial charge in [-0.1, -0.05) is 12.1 Å². The van der Waals surface area contributed by atoms with Crippen LogP contribution < -0.4 is 5.32 Å². The lowest BCUT2D eigenvalue weighted by Gasteiger charge is -2.15. The van der Waals surface area contributed by atoms with Gasteiger partial charge in [-0.25, -0.2) is 9.37 Å². The highest BCUT2D eigenvalue weighted by molar-refractivity contribution is 9.10. The fourth-order valence-corrected chi connectivity index (χ4v) is 2.06. The van der Waals surface area contributed by atoms with Gasteiger partial charge in [-0.2, -0.15) is 0 Å². The van der Waals surface area contributed by atoms with Crippen molar-refractivity contribution in [3.8, 4) is 0 Å². The fourth-order valence-electron chi connectivity index (χ4n) is 1.74. The molecule has 20 heavy (non-hydrogen) atoms. The molecule has 0 bridgehead atoms. The second-order valence-electron chi connectivity index (χ2n) is 4.20. The first-order valence-corrected chi connectivity index (χ1v) is 6.58. The third-order valence-corrected chi connectivity index (χ3v) is 3.17. The van der Waals surface area contributed by atoms with Gasteiger partial charge in [-0.15, -0.1) is 0 Å². The lowest BCUT2D eigenvalue weighted by atomic mass is 10.1. The summed E-state index contributed by atoms with van der Waals surface area (Å²) in [4.78, 5) is 14.5. The topological polar surface area (TPSA) is 68.1 Å². The van der Waals surface area contributed by atoms with Crippen molar-refractivity contribution in [1.29, 1.82) is 0 Å². The molecule has 1 heterocycles. The highest BCUT2D eigenvalue weighted by Crippen LogP contribution is 2.28. The molecule has 0 amide bonds. The lowest BCUT2D eigenvalue weighted by molar-refractivity contribution is -0.384. The van der Waals surface area contributed by atoms with E-state index < -0.39 is 4.92 Å². The van der Waals surface area contributed by atoms with E-state index in [0.29, 0.717) is 10.0 Å². The molecule has 2 aromatic rings. The van der Waals surface area contributed by atoms with Crippen molar-refractivity contribution < 1.29 is 9.31 Å². The molecule has 1 aromatic heterocycles. The van der Waals surface area contributed by atoms with Gasteiger partial charge in [0, 0.05) is 16.7 Å². The van der Waals surface area contributed by atoms with E-state index in [2.05, 4.69) is 26.2 Å². The van der Waals surface area contributed by atoms with Crippen molar-refractivity contribution in [3.63, 3.8) is 0 Å². The number of nitrogens with zero attached hydrogens (tertiary/aromatic N) is 2. The molecule has 2 rings (SSSR count). The van der Waals surface area contributed by atoms with E-state index >= 15 is 0 Å². The van der Waals surface area contributed by atoms with Crippen LogP contribution in [0.3, 0.4) is 0 Å². The van der Waals surface area contributed by atoms with E-state index in [0.717, 1.165) is 0 Å². The van der Waals surface area contributed by atoms with Crippen LogP contribution in [0.5, 0.6) is 0 Å². The molecule has 0 radical (unpaired) electrons. The van der Waals surface area contributed by atoms with Gasteiger partial charge in [-0.3, -0.25) is 10.1 Å². The van der Waals surface area contributed by atoms with E-state index in [1.807, 2.05) is 0 Å². The highest BCUT2D eigenvalue weighted by atomic mass is 79.9. The number of halogens is 2. The van der Waals surface area contributed by atoms with Crippen LogP contribution in [-0.2, 0) is 0 Å². The molecule has 104 valence electrons. The van der Waals surface area contributed by atoms with Crippen molar-refractivity contribution in [2.24, 2.45) is 0 Å². The lowest BCUT2D eigenvalue weighted by Crippen LogP contribution is -2.10. The number of hydrogen-bond donors (Lipinski definition) is 1. The van der Waals surface area contributed by atoms with Crippen LogP contribution in [0.4, 0.5) is 15.9 Å². The summed E-state index contributed by atoms with van der Waals surface area (Å²) in [7, 11) is 0. The third kappa shape index (κ3) is 3.30. The molecule has 1 N–H and O–H groups in total. The van der Waals surface area contributed by atoms with Crippen LogP contribution in [0.1, 0.15) is 18.5 Å². The Morgan fingerprint density at radius 2 is 2.20 bits per heavy atom. The number of rotatable bonds is 4. The zero-order valence-corrected chi connectivity index (χ0v) is 12.1. The summed E-state index contributed by atoms with van der Waals surface area (Å²) in [5.41, 5.74) is 0.548. The summed E-state index contributed by atoms with van der Waals surface area (Å²) in [5.74, 6) is -0.204. The molecule has 0 spiro atoms. The Morgan fingerprint density at radius 3 is 2.85 bits per heavy atom. The summed E-state index contributed by atoms with van der Waals surface area (Å²) < 4.78 is 13.7. The van der Waals surface area contributed by atoms with Crippen LogP contribution in [0.15, 0.2) is 41.0 Å². The average molecular weight is 340 g/mol. The maximum absolute atomic E-state index is 13.2. The van der Waals surface area contributed by atoms with Gasteiger partial charge in [0.05, 0.1) is 11.0 Å². The molecule has 0 aliphatic carbocycles. The summed E-state index contributed by atoms with van der Waals surface area (Å²) >= 11 is 3.14. The Kier molecular flexibility index (Phi) is 4.29. The number of nitro groups is 1. The summed E-state index contributed by atoms with van der Waals surface area (Å²) in [6.45, 7) is 1.78. The van der Waals surface area contributed by atoms with Crippen molar-refractivity contribution in [3.05, 3.63) is 62.5 Å². The number of nitrogens with one attached hydrogen (secondary N) is 1. The van der Waals surface area contributed by atoms with Gasteiger partial charge in [0.2, 0.25) is 5.82 Å². The van der Waals surface area contributed by atoms with E-state index in [4.69, 9.17) is 0 Å². The molecule has 5 nitrogen and oxygen atoms in total. The smallest absolute Gasteiger partial charge is 0.312 e. The Morgan fingerprint density at radius 1 is 1.45 bits per heavy atom. The maximum Gasteiger partial charge on any atom is 0.312 e. The molecular weight excluding hydrogens is 329 g/mol. The minimum absolute atomic E-state index is 0.136. The van der Waals surface area contributed by atoms with Crippen molar-refractivity contribution in [1.82, 2.24) is 4.98 Å². The van der Waals surface area contributed by atoms with Crippen LogP contribution in [0.2, 0.25) is 0 Å². The standard InChI is InChI=1S/C13H11BrFN3O2/c1-8(9-3-2-4-11(15)5-9)17-13-12(18(19)20)6-10(14)7-16-13/h2-8H,1H3,(H,16,17). The number of pyridine rings is 1. The van der Waals surface area contributed by atoms with E-state index in [-0.39, 0.29) is 23.4 Å². The predicted molar refractivity (Wildman–Crippen MR) is 77.0 cm³/mol. The van der Waals surface area contributed by atoms with E-state index in [9.17, 15) is 14.5 Å². The monoisotopic (exact) mass is 339 g/mol. The van der Waals surface area contributed by atoms with Crippen molar-refractivity contribution >= 4 is 27.4 Å². The van der Waals surface area contributed by atoms with E-state index in [1.165, 1.54) is 24.4 Å². The van der Waals surface area contributed by atoms with Crippen molar-refractivity contribution in [2.75, 3.05) is 5.32 Å². The summed E-state index contributed by atoms with van der Waals surface area (Å²) in [6, 6.07) is 7.11. The molecule has 0 fully saturated rings. The SMILES string of the molecule is CC(Nc1ncc(Br)cc1[N+](=O)[O-])c1cccc(F)c1. The summed E-state index contributed by atoms with van der Waals surface area (Å²) in [6.07, 6.45) is 1.47. The molecule has 0 saturated carbocycles. The molecule has 0 saturated heterocycles. The number of benzene rings is 1. The fraction of sp³-hybridized carbons (Fsp3) is 0.154. The molecule has 0 aliphatic rings. The quantitative estimate of drug-likeness (QED) is 0.673. The molecular formula is C13H11BrFN3O2. The Labute approximate surface area is 123 Å². The van der Waals surface area contributed by atoms with Crippen molar-refractivity contribution in [2.45, 2.75) is 13.0 Å². The van der Waals surface area contributed by atoms with Crippen LogP contribution >= 0.6 is 15.9 Å². The minimum Gasteiger partial charge on any atom is -0.358 e. The molecule has 1 atom stereocenters. The number of hydrogen-bond acceptors (Lipinski definition) is 4. The second kappa shape index (κ2) is 5.96. The second-order valence-corrected chi connectivity index (χ2v) is 5.12. The highest BCUT2D eigenvalue weighted by Gasteiger charge is 2.18. The molecule has 7 heteroatoms. The zero-order chi connectivity index (χ0) is 14.7. The average Bonchev–Trinajstić information content (AvgIpc) is 2.40. The van der Waals surface area contributed by atoms with Gasteiger partial charge in [0.1, 0.15) is 5.82 Å². The van der Waals surface area contributed by atoms with Gasteiger partial charge in [0.25, 0.3) is 0 Å². The summed E-state index contributed by atoms with van der Waals surface area (Å²) in [5, 5.41) is 13.9. The maximum atomic E-state index is 13.2. The van der Waals surface area contributed by atoms with Gasteiger partial charge in [0.15, 0.2) is 0 Å². The normalized spacial score (nSPS) is 11.9. The van der Waals surface area contributed by atoms with Crippen LogP contribution in [0.25, 0.3) is 0 Å². The van der Waals surface area contributed by atoms with Gasteiger partial charge >= 0.3 is 5.69 Å². The van der Waals surface area contributed by atoms with Crippen LogP contribution in [0, 0.1) is 15.9 Å². The molecule has 1 aromatic carbocycles. The van der Waals surface area contributed by atoms with E-state index in [1.54, 1.807) is 19.1 Å². The first kappa shape index (κ1) is 14.4. The minimum atomic E-state index is -0.515. The number of aromatic nitrogens is 1. The number of anilines is 1. The van der Waals surface area contributed by atoms with Gasteiger partial charge < -0.3 is 5.32 Å². The van der Waals surface area contributed by atoms with Gasteiger partial charge in [-0.05, 0) is 40.5 Å². The first-order chi connectivity index (χ1) is 9.47. The third-order valence-electron chi connectivity index (χ3n) is 2.73. The molecule has 0 aliphatic heterocycles. The Balaban J connectivity index is 2.28. The predicted octanol–water partition coefficient (Wildman–Crippen LogP) is 4.06. The van der Waals surface area contributed by atoms with Crippen LogP contribution in [-0.4, -0.2) is 9.91 Å². The zero-order valence-electron chi connectivity index (χ0n) is 10.5. The largest absolute Gasteiger partial charge is 0.358 e. The molecule has 1 unspecified atom stereocenters. The Bertz CT molecular complexity index is 651. The first-order valence-electron chi connectivity index (χ1n) is 5.79.